The first-order valence-corrected chi connectivity index (χ1v) is 7.36. The quantitative estimate of drug-likeness (QED) is 0.669. The Balaban J connectivity index is 2.73. The molecule has 0 unspecified atom stereocenters. The number of sulfonamides is 1. The van der Waals surface area contributed by atoms with E-state index in [1.165, 1.54) is 0 Å². The summed E-state index contributed by atoms with van der Waals surface area (Å²) in [5.41, 5.74) is 6.17. The van der Waals surface area contributed by atoms with Crippen molar-refractivity contribution in [2.75, 3.05) is 12.3 Å². The first-order valence-electron chi connectivity index (χ1n) is 5.71. The van der Waals surface area contributed by atoms with Gasteiger partial charge in [-0.05, 0) is 38.0 Å². The molecule has 0 aliphatic rings. The van der Waals surface area contributed by atoms with Crippen LogP contribution in [0.2, 0.25) is 0 Å². The standard InChI is InChI=1S/C12H20N2O3S/c1-12(2,7-8-15)14-18(16,17)9-10-3-5-11(13)6-4-10/h3-6,14-15H,7-9,13H2,1-2H3. The van der Waals surface area contributed by atoms with Crippen LogP contribution in [-0.4, -0.2) is 25.7 Å². The molecule has 0 heterocycles. The molecule has 0 atom stereocenters. The fourth-order valence-electron chi connectivity index (χ4n) is 1.62. The summed E-state index contributed by atoms with van der Waals surface area (Å²) in [6.07, 6.45) is 0.369. The summed E-state index contributed by atoms with van der Waals surface area (Å²) in [5, 5.41) is 8.87. The maximum Gasteiger partial charge on any atom is 0.216 e. The van der Waals surface area contributed by atoms with Gasteiger partial charge in [0.25, 0.3) is 0 Å². The summed E-state index contributed by atoms with van der Waals surface area (Å²) >= 11 is 0. The average molecular weight is 272 g/mol. The van der Waals surface area contributed by atoms with Gasteiger partial charge in [-0.25, -0.2) is 13.1 Å². The minimum atomic E-state index is -3.43. The lowest BCUT2D eigenvalue weighted by Crippen LogP contribution is -2.44. The predicted molar refractivity (Wildman–Crippen MR) is 72.4 cm³/mol. The van der Waals surface area contributed by atoms with Crippen LogP contribution in [0, 0.1) is 0 Å². The van der Waals surface area contributed by atoms with Crippen LogP contribution in [0.4, 0.5) is 5.69 Å². The van der Waals surface area contributed by atoms with Gasteiger partial charge in [-0.3, -0.25) is 0 Å². The number of hydrogen-bond donors (Lipinski definition) is 3. The SMILES string of the molecule is CC(C)(CCO)NS(=O)(=O)Cc1ccc(N)cc1. The Morgan fingerprint density at radius 3 is 2.33 bits per heavy atom. The molecule has 102 valence electrons. The summed E-state index contributed by atoms with van der Waals surface area (Å²) in [7, 11) is -3.43. The van der Waals surface area contributed by atoms with Gasteiger partial charge in [0.2, 0.25) is 10.0 Å². The van der Waals surface area contributed by atoms with Crippen molar-refractivity contribution in [1.82, 2.24) is 4.72 Å². The minimum absolute atomic E-state index is 0.0581. The van der Waals surface area contributed by atoms with Gasteiger partial charge < -0.3 is 10.8 Å². The zero-order chi connectivity index (χ0) is 13.8. The molecule has 1 rings (SSSR count). The highest BCUT2D eigenvalue weighted by Gasteiger charge is 2.24. The molecule has 0 radical (unpaired) electrons. The molecule has 0 spiro atoms. The number of nitrogen functional groups attached to an aromatic ring is 1. The molecule has 1 aromatic carbocycles. The van der Waals surface area contributed by atoms with Crippen LogP contribution in [0.5, 0.6) is 0 Å². The second-order valence-electron chi connectivity index (χ2n) is 4.96. The Hall–Kier alpha value is -1.11. The number of hydrogen-bond acceptors (Lipinski definition) is 4. The van der Waals surface area contributed by atoms with Crippen molar-refractivity contribution in [3.05, 3.63) is 29.8 Å². The third-order valence-electron chi connectivity index (χ3n) is 2.51. The highest BCUT2D eigenvalue weighted by Crippen LogP contribution is 2.13. The Bertz CT molecular complexity index is 481. The molecule has 0 fully saturated rings. The van der Waals surface area contributed by atoms with Crippen molar-refractivity contribution in [3.8, 4) is 0 Å². The van der Waals surface area contributed by atoms with Crippen LogP contribution in [0.15, 0.2) is 24.3 Å². The van der Waals surface area contributed by atoms with Gasteiger partial charge >= 0.3 is 0 Å². The van der Waals surface area contributed by atoms with E-state index in [-0.39, 0.29) is 12.4 Å². The van der Waals surface area contributed by atoms with Crippen molar-refractivity contribution in [3.63, 3.8) is 0 Å². The van der Waals surface area contributed by atoms with Gasteiger partial charge in [-0.15, -0.1) is 0 Å². The predicted octanol–water partition coefficient (Wildman–Crippen LogP) is 0.849. The Labute approximate surface area is 108 Å². The molecule has 5 nitrogen and oxygen atoms in total. The summed E-state index contributed by atoms with van der Waals surface area (Å²) in [6.45, 7) is 3.42. The van der Waals surface area contributed by atoms with Crippen LogP contribution in [0.25, 0.3) is 0 Å². The van der Waals surface area contributed by atoms with Crippen LogP contribution >= 0.6 is 0 Å². The number of benzene rings is 1. The van der Waals surface area contributed by atoms with Gasteiger partial charge in [-0.1, -0.05) is 12.1 Å². The molecular weight excluding hydrogens is 252 g/mol. The van der Waals surface area contributed by atoms with E-state index >= 15 is 0 Å². The maximum atomic E-state index is 12.0. The Morgan fingerprint density at radius 1 is 1.28 bits per heavy atom. The van der Waals surface area contributed by atoms with Crippen molar-refractivity contribution in [2.45, 2.75) is 31.6 Å². The molecule has 0 saturated carbocycles. The number of nitrogens with one attached hydrogen (secondary N) is 1. The third kappa shape index (κ3) is 5.03. The normalized spacial score (nSPS) is 12.6. The van der Waals surface area contributed by atoms with Crippen molar-refractivity contribution >= 4 is 15.7 Å². The van der Waals surface area contributed by atoms with E-state index < -0.39 is 15.6 Å². The second kappa shape index (κ2) is 5.69. The molecule has 4 N–H and O–H groups in total. The monoisotopic (exact) mass is 272 g/mol. The van der Waals surface area contributed by atoms with Crippen LogP contribution in [0.1, 0.15) is 25.8 Å². The topological polar surface area (TPSA) is 92.4 Å². The van der Waals surface area contributed by atoms with Gasteiger partial charge in [0.05, 0.1) is 5.75 Å². The number of aliphatic hydroxyl groups excluding tert-OH is 1. The van der Waals surface area contributed by atoms with Crippen LogP contribution in [-0.2, 0) is 15.8 Å². The third-order valence-corrected chi connectivity index (χ3v) is 4.08. The smallest absolute Gasteiger partial charge is 0.216 e. The molecule has 0 aliphatic carbocycles. The molecular formula is C12H20N2O3S. The summed E-state index contributed by atoms with van der Waals surface area (Å²) in [6, 6.07) is 6.72. The number of anilines is 1. The van der Waals surface area contributed by atoms with E-state index in [1.807, 2.05) is 0 Å². The number of nitrogens with two attached hydrogens (primary N) is 1. The number of rotatable bonds is 6. The lowest BCUT2D eigenvalue weighted by molar-refractivity contribution is 0.245. The minimum Gasteiger partial charge on any atom is -0.399 e. The molecule has 0 aliphatic heterocycles. The number of aliphatic hydroxyl groups is 1. The molecule has 18 heavy (non-hydrogen) atoms. The van der Waals surface area contributed by atoms with Crippen molar-refractivity contribution in [1.29, 1.82) is 0 Å². The van der Waals surface area contributed by atoms with E-state index in [9.17, 15) is 8.42 Å². The van der Waals surface area contributed by atoms with E-state index in [4.69, 9.17) is 10.8 Å². The first kappa shape index (κ1) is 14.9. The first-order chi connectivity index (χ1) is 8.24. The maximum absolute atomic E-state index is 12.0. The zero-order valence-corrected chi connectivity index (χ0v) is 11.5. The van der Waals surface area contributed by atoms with E-state index in [0.717, 1.165) is 0 Å². The Kier molecular flexibility index (Phi) is 4.72. The van der Waals surface area contributed by atoms with Gasteiger partial charge in [0, 0.05) is 17.8 Å². The van der Waals surface area contributed by atoms with Gasteiger partial charge in [0.15, 0.2) is 0 Å². The molecule has 0 saturated heterocycles. The highest BCUT2D eigenvalue weighted by molar-refractivity contribution is 7.88. The Morgan fingerprint density at radius 2 is 1.83 bits per heavy atom. The molecule has 0 bridgehead atoms. The van der Waals surface area contributed by atoms with E-state index in [2.05, 4.69) is 4.72 Å². The summed E-state index contributed by atoms with van der Waals surface area (Å²) in [5.74, 6) is -0.0951. The molecule has 0 amide bonds. The van der Waals surface area contributed by atoms with Crippen LogP contribution < -0.4 is 10.5 Å². The van der Waals surface area contributed by atoms with E-state index in [0.29, 0.717) is 17.7 Å². The largest absolute Gasteiger partial charge is 0.399 e. The van der Waals surface area contributed by atoms with Crippen molar-refractivity contribution in [2.24, 2.45) is 0 Å². The molecule has 0 aromatic heterocycles. The summed E-state index contributed by atoms with van der Waals surface area (Å²) in [4.78, 5) is 0. The van der Waals surface area contributed by atoms with Crippen LogP contribution in [0.3, 0.4) is 0 Å². The van der Waals surface area contributed by atoms with Crippen molar-refractivity contribution < 1.29 is 13.5 Å². The molecule has 6 heteroatoms. The lowest BCUT2D eigenvalue weighted by Gasteiger charge is -2.25. The second-order valence-corrected chi connectivity index (χ2v) is 6.68. The van der Waals surface area contributed by atoms with E-state index in [1.54, 1.807) is 38.1 Å². The van der Waals surface area contributed by atoms with Gasteiger partial charge in [0.1, 0.15) is 0 Å². The zero-order valence-electron chi connectivity index (χ0n) is 10.7. The van der Waals surface area contributed by atoms with Gasteiger partial charge in [-0.2, -0.15) is 0 Å². The highest BCUT2D eigenvalue weighted by atomic mass is 32.2. The lowest BCUT2D eigenvalue weighted by atomic mass is 10.0. The summed E-state index contributed by atoms with van der Waals surface area (Å²) < 4.78 is 26.5. The average Bonchev–Trinajstić information content (AvgIpc) is 2.19. The fraction of sp³-hybridized carbons (Fsp3) is 0.500. The molecule has 1 aromatic rings. The fourth-order valence-corrected chi connectivity index (χ4v) is 3.27.